The maximum atomic E-state index is 14.1. The second-order valence-electron chi connectivity index (χ2n) is 11.5. The number of nitrogens with zero attached hydrogens (tertiary/aromatic N) is 4. The van der Waals surface area contributed by atoms with E-state index < -0.39 is 23.6 Å². The zero-order valence-electron chi connectivity index (χ0n) is 22.0. The molecule has 2 fully saturated rings. The molecule has 1 aromatic heterocycles. The lowest BCUT2D eigenvalue weighted by Gasteiger charge is -2.34. The first kappa shape index (κ1) is 26.0. The summed E-state index contributed by atoms with van der Waals surface area (Å²) in [5, 5.41) is 21.9. The van der Waals surface area contributed by atoms with Gasteiger partial charge in [-0.2, -0.15) is 0 Å². The van der Waals surface area contributed by atoms with Crippen molar-refractivity contribution >= 4 is 11.8 Å². The number of aliphatic hydroxyl groups excluding tert-OH is 1. The Labute approximate surface area is 221 Å². The third kappa shape index (κ3) is 5.48. The Morgan fingerprint density at radius 2 is 1.84 bits per heavy atom. The number of nitrogens with one attached hydrogen (secondary N) is 1. The fourth-order valence-electron chi connectivity index (χ4n) is 5.13. The van der Waals surface area contributed by atoms with Gasteiger partial charge in [0.1, 0.15) is 17.9 Å². The van der Waals surface area contributed by atoms with E-state index in [9.17, 15) is 19.1 Å². The van der Waals surface area contributed by atoms with Crippen molar-refractivity contribution in [3.8, 4) is 11.1 Å². The van der Waals surface area contributed by atoms with Gasteiger partial charge in [-0.15, -0.1) is 5.10 Å². The van der Waals surface area contributed by atoms with Crippen LogP contribution in [0.15, 0.2) is 54.7 Å². The van der Waals surface area contributed by atoms with E-state index in [0.717, 1.165) is 29.7 Å². The van der Waals surface area contributed by atoms with Gasteiger partial charge in [-0.05, 0) is 35.4 Å². The molecule has 200 valence electrons. The third-order valence-corrected chi connectivity index (χ3v) is 7.31. The molecule has 0 spiro atoms. The van der Waals surface area contributed by atoms with E-state index in [2.05, 4.69) is 15.6 Å². The van der Waals surface area contributed by atoms with E-state index in [-0.39, 0.29) is 37.1 Å². The third-order valence-electron chi connectivity index (χ3n) is 7.31. The lowest BCUT2D eigenvalue weighted by molar-refractivity contribution is -0.144. The van der Waals surface area contributed by atoms with Crippen LogP contribution in [0.3, 0.4) is 0 Å². The number of aromatic nitrogens is 3. The summed E-state index contributed by atoms with van der Waals surface area (Å²) >= 11 is 0. The molecule has 8 nitrogen and oxygen atoms in total. The van der Waals surface area contributed by atoms with Gasteiger partial charge in [-0.25, -0.2) is 9.07 Å². The summed E-state index contributed by atoms with van der Waals surface area (Å²) in [6, 6.07) is 12.4. The number of rotatable bonds is 7. The minimum atomic E-state index is -0.786. The number of halogens is 1. The van der Waals surface area contributed by atoms with Crippen molar-refractivity contribution in [2.24, 2.45) is 5.41 Å². The van der Waals surface area contributed by atoms with Gasteiger partial charge in [0.15, 0.2) is 0 Å². The topological polar surface area (TPSA) is 100 Å². The number of likely N-dealkylation sites (tertiary alicyclic amines) is 1. The van der Waals surface area contributed by atoms with Crippen LogP contribution in [0.25, 0.3) is 11.1 Å². The highest BCUT2D eigenvalue weighted by Crippen LogP contribution is 2.40. The van der Waals surface area contributed by atoms with Crippen molar-refractivity contribution < 1.29 is 19.1 Å². The van der Waals surface area contributed by atoms with Crippen LogP contribution in [-0.4, -0.2) is 55.5 Å². The van der Waals surface area contributed by atoms with Crippen molar-refractivity contribution in [3.63, 3.8) is 0 Å². The molecule has 1 aliphatic carbocycles. The zero-order chi connectivity index (χ0) is 27.0. The van der Waals surface area contributed by atoms with Crippen molar-refractivity contribution in [3.05, 3.63) is 71.8 Å². The van der Waals surface area contributed by atoms with Gasteiger partial charge in [0.05, 0.1) is 11.8 Å². The molecule has 3 aromatic rings. The van der Waals surface area contributed by atoms with Crippen LogP contribution in [-0.2, 0) is 16.1 Å². The van der Waals surface area contributed by atoms with Gasteiger partial charge < -0.3 is 15.3 Å². The van der Waals surface area contributed by atoms with Gasteiger partial charge in [-0.1, -0.05) is 68.4 Å². The molecule has 0 unspecified atom stereocenters. The molecule has 2 aliphatic rings. The number of benzene rings is 2. The molecule has 0 bridgehead atoms. The summed E-state index contributed by atoms with van der Waals surface area (Å²) in [4.78, 5) is 28.5. The van der Waals surface area contributed by atoms with Crippen LogP contribution in [0, 0.1) is 11.2 Å². The molecule has 9 heteroatoms. The number of β-amino-alcohol motifs (C(OH)–C–C–N with tert-alkyl or cyclic N) is 1. The van der Waals surface area contributed by atoms with Gasteiger partial charge in [0, 0.05) is 37.2 Å². The Bertz CT molecular complexity index is 1310. The first-order chi connectivity index (χ1) is 18.1. The lowest BCUT2D eigenvalue weighted by atomic mass is 9.85. The fraction of sp³-hybridized carbons (Fsp3) is 0.448. The lowest BCUT2D eigenvalue weighted by Crippen LogP contribution is -2.50. The smallest absolute Gasteiger partial charge is 0.248 e. The van der Waals surface area contributed by atoms with E-state index in [1.165, 1.54) is 11.0 Å². The molecule has 1 aliphatic heterocycles. The average Bonchev–Trinajstić information content (AvgIpc) is 3.49. The molecule has 5 rings (SSSR count). The summed E-state index contributed by atoms with van der Waals surface area (Å²) < 4.78 is 15.7. The molecule has 2 amide bonds. The predicted octanol–water partition coefficient (Wildman–Crippen LogP) is 3.83. The zero-order valence-corrected chi connectivity index (χ0v) is 22.0. The van der Waals surface area contributed by atoms with Crippen LogP contribution in [0.4, 0.5) is 4.39 Å². The number of carbonyl (C=O) groups is 2. The molecular weight excluding hydrogens is 485 g/mol. The summed E-state index contributed by atoms with van der Waals surface area (Å²) in [7, 11) is 0. The normalized spacial score (nSPS) is 20.4. The van der Waals surface area contributed by atoms with E-state index >= 15 is 0 Å². The van der Waals surface area contributed by atoms with Crippen LogP contribution in [0.1, 0.15) is 63.3 Å². The second kappa shape index (κ2) is 10.3. The van der Waals surface area contributed by atoms with Gasteiger partial charge in [0.2, 0.25) is 11.8 Å². The first-order valence-electron chi connectivity index (χ1n) is 13.1. The predicted molar refractivity (Wildman–Crippen MR) is 140 cm³/mol. The molecule has 2 N–H and O–H groups in total. The second-order valence-corrected chi connectivity index (χ2v) is 11.5. The van der Waals surface area contributed by atoms with E-state index in [1.807, 2.05) is 51.2 Å². The maximum absolute atomic E-state index is 14.1. The van der Waals surface area contributed by atoms with E-state index in [1.54, 1.807) is 22.9 Å². The molecule has 3 atom stereocenters. The van der Waals surface area contributed by atoms with Gasteiger partial charge >= 0.3 is 0 Å². The largest absolute Gasteiger partial charge is 0.391 e. The SMILES string of the molecule is CC(C)(C)[C@@H](C(=O)N1C[C@H](O)C[C@H]1C(=O)NCc1ccc(-c2ccccc2F)cc1)n1cc(C2CC2)nn1. The Morgan fingerprint density at radius 1 is 1.13 bits per heavy atom. The summed E-state index contributed by atoms with van der Waals surface area (Å²) in [6.45, 7) is 6.22. The number of carbonyl (C=O) groups excluding carboxylic acids is 2. The van der Waals surface area contributed by atoms with Crippen LogP contribution in [0.5, 0.6) is 0 Å². The molecule has 2 aromatic carbocycles. The van der Waals surface area contributed by atoms with Gasteiger partial charge in [-0.3, -0.25) is 9.59 Å². The molecule has 38 heavy (non-hydrogen) atoms. The molecule has 0 radical (unpaired) electrons. The summed E-state index contributed by atoms with van der Waals surface area (Å²) in [5.41, 5.74) is 2.52. The van der Waals surface area contributed by atoms with Gasteiger partial charge in [0.25, 0.3) is 0 Å². The molecule has 2 heterocycles. The standard InChI is InChI=1S/C29H34FN5O3/c1-29(2,3)26(35-17-24(32-33-35)20-12-13-20)28(38)34-16-21(36)14-25(34)27(37)31-15-18-8-10-19(11-9-18)22-6-4-5-7-23(22)30/h4-11,17,20-21,25-26,36H,12-16H2,1-3H3,(H,31,37)/t21-,25+,26-/m1/s1. The molecule has 1 saturated carbocycles. The highest BCUT2D eigenvalue weighted by Gasteiger charge is 2.45. The van der Waals surface area contributed by atoms with E-state index in [4.69, 9.17) is 0 Å². The van der Waals surface area contributed by atoms with Crippen LogP contribution < -0.4 is 5.32 Å². The number of amides is 2. The minimum Gasteiger partial charge on any atom is -0.391 e. The quantitative estimate of drug-likeness (QED) is 0.494. The monoisotopic (exact) mass is 519 g/mol. The van der Waals surface area contributed by atoms with E-state index in [0.29, 0.717) is 11.5 Å². The molecular formula is C29H34FN5O3. The summed E-state index contributed by atoms with van der Waals surface area (Å²) in [5.74, 6) is -0.456. The van der Waals surface area contributed by atoms with Crippen molar-refractivity contribution in [1.29, 1.82) is 0 Å². The Balaban J connectivity index is 1.27. The average molecular weight is 520 g/mol. The Kier molecular flexibility index (Phi) is 7.05. The fourth-order valence-corrected chi connectivity index (χ4v) is 5.13. The highest BCUT2D eigenvalue weighted by molar-refractivity contribution is 5.90. The van der Waals surface area contributed by atoms with Crippen molar-refractivity contribution in [2.45, 2.75) is 70.7 Å². The van der Waals surface area contributed by atoms with Crippen LogP contribution in [0.2, 0.25) is 0 Å². The number of hydrogen-bond donors (Lipinski definition) is 2. The maximum Gasteiger partial charge on any atom is 0.248 e. The van der Waals surface area contributed by atoms with Crippen LogP contribution >= 0.6 is 0 Å². The number of hydrogen-bond acceptors (Lipinski definition) is 5. The minimum absolute atomic E-state index is 0.0883. The van der Waals surface area contributed by atoms with Crippen molar-refractivity contribution in [2.75, 3.05) is 6.54 Å². The Hall–Kier alpha value is -3.59. The molecule has 1 saturated heterocycles. The summed E-state index contributed by atoms with van der Waals surface area (Å²) in [6.07, 6.45) is 3.40. The first-order valence-corrected chi connectivity index (χ1v) is 13.1. The highest BCUT2D eigenvalue weighted by atomic mass is 19.1. The number of aliphatic hydroxyl groups is 1. The van der Waals surface area contributed by atoms with Crippen molar-refractivity contribution in [1.82, 2.24) is 25.2 Å². The Morgan fingerprint density at radius 3 is 2.50 bits per heavy atom.